The lowest BCUT2D eigenvalue weighted by molar-refractivity contribution is 0.471. The van der Waals surface area contributed by atoms with Crippen LogP contribution >= 0.6 is 0 Å². The Morgan fingerprint density at radius 2 is 1.62 bits per heavy atom. The fourth-order valence-electron chi connectivity index (χ4n) is 5.11. The van der Waals surface area contributed by atoms with Crippen molar-refractivity contribution in [3.05, 3.63) is 120 Å². The highest BCUT2D eigenvalue weighted by Gasteiger charge is 2.26. The van der Waals surface area contributed by atoms with Gasteiger partial charge in [0.05, 0.1) is 17.1 Å². The molecule has 0 radical (unpaired) electrons. The molecule has 0 unspecified atom stereocenters. The number of ether oxygens (including phenoxy) is 1. The minimum absolute atomic E-state index is 0.429. The second-order valence-electron chi connectivity index (χ2n) is 9.90. The maximum absolute atomic E-state index is 9.13. The van der Waals surface area contributed by atoms with Gasteiger partial charge in [0.1, 0.15) is 11.3 Å². The third-order valence-electron chi connectivity index (χ3n) is 7.19. The molecule has 0 bridgehead atoms. The van der Waals surface area contributed by atoms with E-state index in [4.69, 9.17) is 20.0 Å². The van der Waals surface area contributed by atoms with Crippen molar-refractivity contribution in [2.24, 2.45) is 0 Å². The third kappa shape index (κ3) is 4.55. The first-order chi connectivity index (χ1) is 19.2. The molecular weight excluding hydrogens is 482 g/mol. The molecule has 6 aromatic rings. The van der Waals surface area contributed by atoms with Gasteiger partial charge in [-0.1, -0.05) is 60.7 Å². The van der Waals surface area contributed by atoms with Crippen LogP contribution in [0.15, 0.2) is 103 Å². The van der Waals surface area contributed by atoms with E-state index >= 15 is 0 Å². The lowest BCUT2D eigenvalue weighted by atomic mass is 10.0. The van der Waals surface area contributed by atoms with Crippen molar-refractivity contribution < 1.29 is 4.74 Å². The Bertz CT molecular complexity index is 1850. The molecule has 2 aromatic heterocycles. The summed E-state index contributed by atoms with van der Waals surface area (Å²) in [5.41, 5.74) is 5.58. The molecule has 0 aliphatic heterocycles. The van der Waals surface area contributed by atoms with E-state index in [0.717, 1.165) is 27.9 Å². The molecule has 1 fully saturated rings. The first-order valence-electron chi connectivity index (χ1n) is 13.1. The molecule has 1 saturated carbocycles. The minimum atomic E-state index is 0.429. The van der Waals surface area contributed by atoms with E-state index in [1.54, 1.807) is 12.1 Å². The lowest BCUT2D eigenvalue weighted by Gasteiger charge is -2.15. The Balaban J connectivity index is 1.33. The topological polar surface area (TPSA) is 75.8 Å². The van der Waals surface area contributed by atoms with E-state index in [2.05, 4.69) is 64.5 Å². The number of nitrogens with zero attached hydrogens (tertiary/aromatic N) is 4. The number of benzene rings is 4. The van der Waals surface area contributed by atoms with Gasteiger partial charge in [-0.15, -0.1) is 0 Å². The SMILES string of the molecule is N#Cc1ccc(Nc2nc(Oc3ccc(C4CC4)c4ccccc34)c3c(ccn3Cc3ccccc3)n2)cc1. The molecule has 1 aliphatic carbocycles. The second-order valence-corrected chi connectivity index (χ2v) is 9.90. The third-order valence-corrected chi connectivity index (χ3v) is 7.19. The van der Waals surface area contributed by atoms with Gasteiger partial charge in [-0.25, -0.2) is 4.98 Å². The normalized spacial score (nSPS) is 12.9. The molecular formula is C33H25N5O. The molecule has 188 valence electrons. The molecule has 6 heteroatoms. The minimum Gasteiger partial charge on any atom is -0.436 e. The molecule has 39 heavy (non-hydrogen) atoms. The van der Waals surface area contributed by atoms with Crippen LogP contribution in [0.5, 0.6) is 11.6 Å². The van der Waals surface area contributed by atoms with E-state index in [-0.39, 0.29) is 0 Å². The van der Waals surface area contributed by atoms with E-state index < -0.39 is 0 Å². The molecule has 0 saturated heterocycles. The number of aromatic nitrogens is 3. The molecule has 0 amide bonds. The second kappa shape index (κ2) is 9.62. The Hall–Kier alpha value is -5.15. The summed E-state index contributed by atoms with van der Waals surface area (Å²) in [5.74, 6) is 2.33. The van der Waals surface area contributed by atoms with Crippen LogP contribution in [0.4, 0.5) is 11.6 Å². The van der Waals surface area contributed by atoms with Crippen LogP contribution in [-0.2, 0) is 6.54 Å². The van der Waals surface area contributed by atoms with Gasteiger partial charge >= 0.3 is 0 Å². The first-order valence-corrected chi connectivity index (χ1v) is 13.1. The largest absolute Gasteiger partial charge is 0.436 e. The fraction of sp³-hybridized carbons (Fsp3) is 0.121. The number of anilines is 2. The van der Waals surface area contributed by atoms with E-state index in [1.165, 1.54) is 29.4 Å². The zero-order valence-electron chi connectivity index (χ0n) is 21.2. The number of hydrogen-bond acceptors (Lipinski definition) is 5. The molecule has 0 spiro atoms. The van der Waals surface area contributed by atoms with Crippen LogP contribution in [-0.4, -0.2) is 14.5 Å². The number of fused-ring (bicyclic) bond motifs is 2. The monoisotopic (exact) mass is 507 g/mol. The first kappa shape index (κ1) is 23.0. The predicted octanol–water partition coefficient (Wildman–Crippen LogP) is 7.92. The summed E-state index contributed by atoms with van der Waals surface area (Å²) in [6.45, 7) is 0.674. The average molecular weight is 508 g/mol. The zero-order chi connectivity index (χ0) is 26.2. The Morgan fingerprint density at radius 1 is 0.846 bits per heavy atom. The van der Waals surface area contributed by atoms with Crippen LogP contribution in [0.25, 0.3) is 21.8 Å². The summed E-state index contributed by atoms with van der Waals surface area (Å²) in [6.07, 6.45) is 4.52. The van der Waals surface area contributed by atoms with Crippen LogP contribution < -0.4 is 10.1 Å². The number of nitrogens with one attached hydrogen (secondary N) is 1. The Morgan fingerprint density at radius 3 is 2.38 bits per heavy atom. The number of rotatable bonds is 7. The molecule has 6 nitrogen and oxygen atoms in total. The van der Waals surface area contributed by atoms with Crippen LogP contribution in [0.1, 0.15) is 35.4 Å². The number of nitriles is 1. The lowest BCUT2D eigenvalue weighted by Crippen LogP contribution is -2.04. The fourth-order valence-corrected chi connectivity index (χ4v) is 5.11. The molecule has 1 N–H and O–H groups in total. The summed E-state index contributed by atoms with van der Waals surface area (Å²) in [5, 5.41) is 14.7. The molecule has 7 rings (SSSR count). The Labute approximate surface area is 226 Å². The van der Waals surface area contributed by atoms with E-state index in [9.17, 15) is 0 Å². The molecule has 1 aliphatic rings. The van der Waals surface area contributed by atoms with Gasteiger partial charge in [0.15, 0.2) is 0 Å². The van der Waals surface area contributed by atoms with Gasteiger partial charge < -0.3 is 14.6 Å². The highest BCUT2D eigenvalue weighted by molar-refractivity contribution is 5.92. The Kier molecular flexibility index (Phi) is 5.68. The summed E-state index contributed by atoms with van der Waals surface area (Å²) in [7, 11) is 0. The van der Waals surface area contributed by atoms with Gasteiger partial charge in [0.2, 0.25) is 11.8 Å². The van der Waals surface area contributed by atoms with E-state index in [0.29, 0.717) is 29.9 Å². The highest BCUT2D eigenvalue weighted by Crippen LogP contribution is 2.45. The van der Waals surface area contributed by atoms with Gasteiger partial charge in [0.25, 0.3) is 0 Å². The molecule has 2 heterocycles. The maximum atomic E-state index is 9.13. The van der Waals surface area contributed by atoms with Crippen LogP contribution in [0.3, 0.4) is 0 Å². The van der Waals surface area contributed by atoms with Crippen molar-refractivity contribution in [1.29, 1.82) is 5.26 Å². The van der Waals surface area contributed by atoms with Crippen molar-refractivity contribution in [2.45, 2.75) is 25.3 Å². The zero-order valence-corrected chi connectivity index (χ0v) is 21.2. The molecule has 0 atom stereocenters. The van der Waals surface area contributed by atoms with Crippen molar-refractivity contribution in [3.8, 4) is 17.7 Å². The predicted molar refractivity (Wildman–Crippen MR) is 154 cm³/mol. The number of hydrogen-bond donors (Lipinski definition) is 1. The highest BCUT2D eigenvalue weighted by atomic mass is 16.5. The van der Waals surface area contributed by atoms with Gasteiger partial charge in [-0.2, -0.15) is 10.2 Å². The van der Waals surface area contributed by atoms with Crippen molar-refractivity contribution in [3.63, 3.8) is 0 Å². The van der Waals surface area contributed by atoms with Gasteiger partial charge in [0, 0.05) is 23.8 Å². The molecule has 4 aromatic carbocycles. The van der Waals surface area contributed by atoms with Crippen molar-refractivity contribution in [1.82, 2.24) is 14.5 Å². The van der Waals surface area contributed by atoms with E-state index in [1.807, 2.05) is 42.6 Å². The smallest absolute Gasteiger partial charge is 0.249 e. The van der Waals surface area contributed by atoms with Crippen LogP contribution in [0.2, 0.25) is 0 Å². The van der Waals surface area contributed by atoms with Gasteiger partial charge in [-0.05, 0) is 71.7 Å². The standard InChI is InChI=1S/C33H25N5O/c34-20-22-10-14-25(15-11-22)35-33-36-29-18-19-38(21-23-6-2-1-3-7-23)31(29)32(37-33)39-30-17-16-26(24-12-13-24)27-8-4-5-9-28(27)30/h1-11,14-19,24H,12-13,21H2,(H,35,36,37). The average Bonchev–Trinajstić information content (AvgIpc) is 3.75. The van der Waals surface area contributed by atoms with Crippen molar-refractivity contribution in [2.75, 3.05) is 5.32 Å². The summed E-state index contributed by atoms with van der Waals surface area (Å²) in [4.78, 5) is 9.65. The van der Waals surface area contributed by atoms with Crippen molar-refractivity contribution >= 4 is 33.4 Å². The van der Waals surface area contributed by atoms with Gasteiger partial charge in [-0.3, -0.25) is 0 Å². The maximum Gasteiger partial charge on any atom is 0.249 e. The summed E-state index contributed by atoms with van der Waals surface area (Å²) < 4.78 is 8.79. The summed E-state index contributed by atoms with van der Waals surface area (Å²) >= 11 is 0. The summed E-state index contributed by atoms with van der Waals surface area (Å²) in [6, 6.07) is 34.4. The van der Waals surface area contributed by atoms with Crippen LogP contribution in [0, 0.1) is 11.3 Å². The quantitative estimate of drug-likeness (QED) is 0.238.